The molecule has 0 aliphatic rings. The molecule has 0 aromatic carbocycles. The maximum Gasteiger partial charge on any atom is 0.500 e. The van der Waals surface area contributed by atoms with Crippen LogP contribution >= 0.6 is 11.8 Å². The minimum atomic E-state index is -2.43. The minimum Gasteiger partial charge on any atom is -0.463 e. The van der Waals surface area contributed by atoms with Crippen LogP contribution in [-0.4, -0.2) is 53.7 Å². The summed E-state index contributed by atoms with van der Waals surface area (Å²) in [7, 11) is 2.44. The second-order valence-corrected chi connectivity index (χ2v) is 8.79. The van der Waals surface area contributed by atoms with Gasteiger partial charge in [-0.3, -0.25) is 4.79 Å². The molecule has 1 unspecified atom stereocenters. The van der Waals surface area contributed by atoms with E-state index in [1.54, 1.807) is 33.1 Å². The van der Waals surface area contributed by atoms with Gasteiger partial charge in [-0.2, -0.15) is 11.8 Å². The molecule has 1 atom stereocenters. The van der Waals surface area contributed by atoms with Crippen LogP contribution in [0, 0.1) is 0 Å². The van der Waals surface area contributed by atoms with Gasteiger partial charge in [0.05, 0.1) is 12.5 Å². The quantitative estimate of drug-likeness (QED) is 0.312. The van der Waals surface area contributed by atoms with E-state index in [9.17, 15) is 4.79 Å². The Balaban J connectivity index is 3.65. The molecule has 0 aliphatic heterocycles. The molecule has 0 aromatic rings. The first-order valence-electron chi connectivity index (χ1n) is 6.96. The number of hydrogen-bond acceptors (Lipinski definition) is 6. The molecule has 20 heavy (non-hydrogen) atoms. The van der Waals surface area contributed by atoms with Crippen molar-refractivity contribution in [3.8, 4) is 0 Å². The fraction of sp³-hybridized carbons (Fsp3) is 0.923. The van der Waals surface area contributed by atoms with Crippen LogP contribution in [0.2, 0.25) is 6.04 Å². The number of carbonyl (C=O) groups is 1. The van der Waals surface area contributed by atoms with Gasteiger partial charge in [-0.25, -0.2) is 0 Å². The molecule has 0 saturated carbocycles. The summed E-state index contributed by atoms with van der Waals surface area (Å²) in [4.78, 5) is 11.5. The van der Waals surface area contributed by atoms with Gasteiger partial charge in [-0.1, -0.05) is 6.92 Å². The molecule has 0 bridgehead atoms. The molecule has 0 saturated heterocycles. The van der Waals surface area contributed by atoms with Gasteiger partial charge in [-0.05, 0) is 25.5 Å². The van der Waals surface area contributed by atoms with Crippen molar-refractivity contribution in [3.05, 3.63) is 0 Å². The molecule has 120 valence electrons. The van der Waals surface area contributed by atoms with Gasteiger partial charge >= 0.3 is 14.8 Å². The lowest BCUT2D eigenvalue weighted by Gasteiger charge is -2.24. The zero-order chi connectivity index (χ0) is 15.4. The van der Waals surface area contributed by atoms with E-state index >= 15 is 0 Å². The number of rotatable bonds is 12. The molecule has 5 nitrogen and oxygen atoms in total. The van der Waals surface area contributed by atoms with Crippen molar-refractivity contribution < 1.29 is 22.8 Å². The normalized spacial score (nSPS) is 13.2. The Labute approximate surface area is 128 Å². The third-order valence-electron chi connectivity index (χ3n) is 3.06. The highest BCUT2D eigenvalue weighted by molar-refractivity contribution is 7.99. The molecule has 0 heterocycles. The summed E-state index contributed by atoms with van der Waals surface area (Å²) >= 11 is 1.74. The van der Waals surface area contributed by atoms with Crippen LogP contribution in [0.4, 0.5) is 0 Å². The summed E-state index contributed by atoms with van der Waals surface area (Å²) in [6.07, 6.45) is 2.30. The van der Waals surface area contributed by atoms with E-state index < -0.39 is 8.80 Å². The van der Waals surface area contributed by atoms with Crippen LogP contribution in [0.1, 0.15) is 33.1 Å². The van der Waals surface area contributed by atoms with E-state index in [0.717, 1.165) is 30.4 Å². The molecule has 7 heteroatoms. The molecule has 0 fully saturated rings. The number of hydrogen-bond donors (Lipinski definition) is 0. The van der Waals surface area contributed by atoms with Crippen molar-refractivity contribution in [2.24, 2.45) is 0 Å². The van der Waals surface area contributed by atoms with Crippen molar-refractivity contribution in [1.29, 1.82) is 0 Å². The van der Waals surface area contributed by atoms with Crippen LogP contribution in [0.25, 0.3) is 0 Å². The van der Waals surface area contributed by atoms with E-state index in [1.165, 1.54) is 0 Å². The van der Waals surface area contributed by atoms with Crippen LogP contribution < -0.4 is 0 Å². The van der Waals surface area contributed by atoms with Crippen molar-refractivity contribution in [1.82, 2.24) is 0 Å². The predicted octanol–water partition coefficient (Wildman–Crippen LogP) is 2.72. The number of esters is 1. The Morgan fingerprint density at radius 2 is 1.75 bits per heavy atom. The molecule has 0 N–H and O–H groups in total. The Kier molecular flexibility index (Phi) is 11.5. The van der Waals surface area contributed by atoms with E-state index in [2.05, 4.69) is 0 Å². The van der Waals surface area contributed by atoms with Crippen molar-refractivity contribution >= 4 is 26.5 Å². The predicted molar refractivity (Wildman–Crippen MR) is 84.0 cm³/mol. The maximum absolute atomic E-state index is 11.5. The lowest BCUT2D eigenvalue weighted by Crippen LogP contribution is -2.42. The lowest BCUT2D eigenvalue weighted by molar-refractivity contribution is -0.147. The Hall–Kier alpha value is -0.0831. The highest BCUT2D eigenvalue weighted by Crippen LogP contribution is 2.17. The maximum atomic E-state index is 11.5. The first kappa shape index (κ1) is 19.9. The van der Waals surface area contributed by atoms with Gasteiger partial charge in [0.15, 0.2) is 0 Å². The summed E-state index contributed by atoms with van der Waals surface area (Å²) in [5.41, 5.74) is 0. The van der Waals surface area contributed by atoms with Crippen LogP contribution in [0.3, 0.4) is 0 Å². The average molecular weight is 325 g/mol. The van der Waals surface area contributed by atoms with Crippen molar-refractivity contribution in [2.45, 2.75) is 45.3 Å². The summed E-state index contributed by atoms with van der Waals surface area (Å²) in [5, 5.41) is 0. The molecule has 0 radical (unpaired) electrons. The zero-order valence-electron chi connectivity index (χ0n) is 13.3. The van der Waals surface area contributed by atoms with Gasteiger partial charge in [0.25, 0.3) is 0 Å². The third-order valence-corrected chi connectivity index (χ3v) is 6.96. The Morgan fingerprint density at radius 1 is 1.15 bits per heavy atom. The van der Waals surface area contributed by atoms with Gasteiger partial charge in [0, 0.05) is 33.1 Å². The monoisotopic (exact) mass is 324 g/mol. The number of thioether (sulfide) groups is 1. The largest absolute Gasteiger partial charge is 0.500 e. The van der Waals surface area contributed by atoms with E-state index in [-0.39, 0.29) is 12.1 Å². The molecule has 0 aliphatic carbocycles. The SMILES string of the molecule is CCC(C)OC(=O)CCSCCC[Si](OC)(OC)OC. The molecule has 0 spiro atoms. The van der Waals surface area contributed by atoms with Gasteiger partial charge in [0.2, 0.25) is 0 Å². The minimum absolute atomic E-state index is 0.0178. The molecular formula is C13H28O5SSi. The van der Waals surface area contributed by atoms with Gasteiger partial charge in [0.1, 0.15) is 0 Å². The fourth-order valence-corrected chi connectivity index (χ4v) is 4.41. The second-order valence-electron chi connectivity index (χ2n) is 4.47. The summed E-state index contributed by atoms with van der Waals surface area (Å²) in [6.45, 7) is 3.92. The lowest BCUT2D eigenvalue weighted by atomic mass is 10.3. The third kappa shape index (κ3) is 8.26. The van der Waals surface area contributed by atoms with Crippen LogP contribution in [-0.2, 0) is 22.8 Å². The Bertz CT molecular complexity index is 253. The van der Waals surface area contributed by atoms with Crippen LogP contribution in [0.15, 0.2) is 0 Å². The van der Waals surface area contributed by atoms with E-state index in [1.807, 2.05) is 13.8 Å². The van der Waals surface area contributed by atoms with E-state index in [0.29, 0.717) is 6.42 Å². The van der Waals surface area contributed by atoms with Gasteiger partial charge < -0.3 is 18.0 Å². The number of carbonyl (C=O) groups excluding carboxylic acids is 1. The molecule has 0 amide bonds. The number of ether oxygens (including phenoxy) is 1. The highest BCUT2D eigenvalue weighted by Gasteiger charge is 2.36. The summed E-state index contributed by atoms with van der Waals surface area (Å²) in [5.74, 6) is 1.64. The first-order chi connectivity index (χ1) is 9.53. The van der Waals surface area contributed by atoms with E-state index in [4.69, 9.17) is 18.0 Å². The standard InChI is InChI=1S/C13H28O5SSi/c1-6-12(2)18-13(14)8-10-19-9-7-11-20(15-3,16-4)17-5/h12H,6-11H2,1-5H3. The fourth-order valence-electron chi connectivity index (χ4n) is 1.57. The Morgan fingerprint density at radius 3 is 2.25 bits per heavy atom. The van der Waals surface area contributed by atoms with Crippen LogP contribution in [0.5, 0.6) is 0 Å². The zero-order valence-corrected chi connectivity index (χ0v) is 15.1. The molecular weight excluding hydrogens is 296 g/mol. The molecule has 0 aromatic heterocycles. The highest BCUT2D eigenvalue weighted by atomic mass is 32.2. The smallest absolute Gasteiger partial charge is 0.463 e. The summed E-state index contributed by atoms with van der Waals surface area (Å²) in [6, 6.07) is 0.792. The van der Waals surface area contributed by atoms with Crippen molar-refractivity contribution in [3.63, 3.8) is 0 Å². The second kappa shape index (κ2) is 11.6. The first-order valence-corrected chi connectivity index (χ1v) is 10.0. The van der Waals surface area contributed by atoms with Crippen molar-refractivity contribution in [2.75, 3.05) is 32.8 Å². The summed E-state index contributed by atoms with van der Waals surface area (Å²) < 4.78 is 21.3. The topological polar surface area (TPSA) is 54.0 Å². The molecule has 0 rings (SSSR count). The van der Waals surface area contributed by atoms with Gasteiger partial charge in [-0.15, -0.1) is 0 Å². The average Bonchev–Trinajstić information content (AvgIpc) is 2.47.